The van der Waals surface area contributed by atoms with E-state index in [0.29, 0.717) is 22.5 Å². The van der Waals surface area contributed by atoms with Crippen molar-refractivity contribution in [1.29, 1.82) is 0 Å². The van der Waals surface area contributed by atoms with Gasteiger partial charge in [-0.25, -0.2) is 4.79 Å². The smallest absolute Gasteiger partial charge is 0.323 e. The van der Waals surface area contributed by atoms with Gasteiger partial charge in [0, 0.05) is 22.5 Å². The molecule has 0 heterocycles. The number of carbonyl (C=O) groups excluding carboxylic acids is 1. The number of benzene rings is 3. The van der Waals surface area contributed by atoms with Crippen LogP contribution in [0.2, 0.25) is 0 Å². The Morgan fingerprint density at radius 1 is 0.769 bits per heavy atom. The van der Waals surface area contributed by atoms with E-state index in [1.807, 2.05) is 36.4 Å². The monoisotopic (exact) mass is 342 g/mol. The number of anilines is 2. The minimum absolute atomic E-state index is 0.348. The van der Waals surface area contributed by atoms with Crippen molar-refractivity contribution < 1.29 is 9.90 Å². The summed E-state index contributed by atoms with van der Waals surface area (Å²) in [5, 5.41) is 16.4. The first-order valence-electron chi connectivity index (χ1n) is 8.11. The molecule has 26 heavy (non-hydrogen) atoms. The van der Waals surface area contributed by atoms with E-state index in [0.717, 1.165) is 0 Å². The van der Waals surface area contributed by atoms with Crippen molar-refractivity contribution in [3.8, 4) is 12.3 Å². The van der Waals surface area contributed by atoms with Gasteiger partial charge < -0.3 is 15.7 Å². The van der Waals surface area contributed by atoms with Crippen molar-refractivity contribution >= 4 is 17.4 Å². The molecule has 0 radical (unpaired) electrons. The van der Waals surface area contributed by atoms with Gasteiger partial charge in [-0.15, -0.1) is 6.42 Å². The van der Waals surface area contributed by atoms with Crippen molar-refractivity contribution in [2.24, 2.45) is 0 Å². The Morgan fingerprint density at radius 3 is 1.77 bits per heavy atom. The molecule has 4 nitrogen and oxygen atoms in total. The number of aliphatic hydroxyl groups is 1. The zero-order valence-electron chi connectivity index (χ0n) is 14.0. The second-order valence-corrected chi connectivity index (χ2v) is 5.74. The average Bonchev–Trinajstić information content (AvgIpc) is 2.69. The van der Waals surface area contributed by atoms with Crippen molar-refractivity contribution in [3.63, 3.8) is 0 Å². The van der Waals surface area contributed by atoms with Crippen molar-refractivity contribution in [2.75, 3.05) is 10.6 Å². The normalized spacial score (nSPS) is 12.5. The predicted octanol–water partition coefficient (Wildman–Crippen LogP) is 4.20. The zero-order chi connectivity index (χ0) is 18.4. The van der Waals surface area contributed by atoms with E-state index in [4.69, 9.17) is 6.42 Å². The van der Waals surface area contributed by atoms with E-state index in [9.17, 15) is 9.90 Å². The van der Waals surface area contributed by atoms with Crippen LogP contribution in [-0.4, -0.2) is 11.1 Å². The SMILES string of the molecule is C#CC(O)(c1ccccc1)c1ccc(NC(=O)Nc2ccccc2)cc1. The fraction of sp³-hybridized carbons (Fsp3) is 0.0455. The van der Waals surface area contributed by atoms with Crippen LogP contribution < -0.4 is 10.6 Å². The van der Waals surface area contributed by atoms with Gasteiger partial charge in [0.2, 0.25) is 0 Å². The van der Waals surface area contributed by atoms with Crippen molar-refractivity contribution in [2.45, 2.75) is 5.60 Å². The van der Waals surface area contributed by atoms with Crippen LogP contribution in [0.15, 0.2) is 84.9 Å². The number of hydrogen-bond donors (Lipinski definition) is 3. The summed E-state index contributed by atoms with van der Waals surface area (Å²) in [7, 11) is 0. The van der Waals surface area contributed by atoms with Gasteiger partial charge in [-0.2, -0.15) is 0 Å². The standard InChI is InChI=1S/C22H18N2O2/c1-2-22(26,17-9-5-3-6-10-17)18-13-15-20(16-14-18)24-21(25)23-19-11-7-4-8-12-19/h1,3-16,26H,(H2,23,24,25). The summed E-state index contributed by atoms with van der Waals surface area (Å²) >= 11 is 0. The molecule has 0 saturated carbocycles. The maximum atomic E-state index is 12.0. The number of rotatable bonds is 4. The third-order valence-corrected chi connectivity index (χ3v) is 3.99. The van der Waals surface area contributed by atoms with Crippen LogP contribution in [0.25, 0.3) is 0 Å². The fourth-order valence-electron chi connectivity index (χ4n) is 2.62. The van der Waals surface area contributed by atoms with E-state index in [-0.39, 0.29) is 6.03 Å². The molecule has 4 heteroatoms. The Kier molecular flexibility index (Phi) is 5.02. The minimum atomic E-state index is -1.52. The third kappa shape index (κ3) is 3.75. The number of para-hydroxylation sites is 1. The van der Waals surface area contributed by atoms with Crippen molar-refractivity contribution in [1.82, 2.24) is 0 Å². The van der Waals surface area contributed by atoms with Crippen LogP contribution in [0.5, 0.6) is 0 Å². The molecule has 0 bridgehead atoms. The summed E-state index contributed by atoms with van der Waals surface area (Å²) in [6.07, 6.45) is 5.60. The van der Waals surface area contributed by atoms with Gasteiger partial charge in [0.05, 0.1) is 0 Å². The molecule has 0 spiro atoms. The summed E-state index contributed by atoms with van der Waals surface area (Å²) in [6, 6.07) is 24.7. The number of amides is 2. The molecule has 3 N–H and O–H groups in total. The Hall–Kier alpha value is -3.55. The van der Waals surface area contributed by atoms with E-state index in [1.165, 1.54) is 0 Å². The molecule has 0 aromatic heterocycles. The van der Waals surface area contributed by atoms with Gasteiger partial charge in [0.15, 0.2) is 5.60 Å². The molecule has 3 rings (SSSR count). The fourth-order valence-corrected chi connectivity index (χ4v) is 2.62. The van der Waals surface area contributed by atoms with Crippen LogP contribution in [0.3, 0.4) is 0 Å². The van der Waals surface area contributed by atoms with Crippen LogP contribution in [-0.2, 0) is 5.60 Å². The lowest BCUT2D eigenvalue weighted by molar-refractivity contribution is 0.145. The van der Waals surface area contributed by atoms with Crippen LogP contribution >= 0.6 is 0 Å². The lowest BCUT2D eigenvalue weighted by atomic mass is 9.87. The Labute approximate surface area is 152 Å². The van der Waals surface area contributed by atoms with E-state index in [2.05, 4.69) is 16.6 Å². The molecule has 2 amide bonds. The molecule has 0 fully saturated rings. The minimum Gasteiger partial charge on any atom is -0.369 e. The highest BCUT2D eigenvalue weighted by Gasteiger charge is 2.28. The largest absolute Gasteiger partial charge is 0.369 e. The van der Waals surface area contributed by atoms with E-state index < -0.39 is 5.60 Å². The van der Waals surface area contributed by atoms with E-state index in [1.54, 1.807) is 48.5 Å². The number of hydrogen-bond acceptors (Lipinski definition) is 2. The molecule has 1 atom stereocenters. The topological polar surface area (TPSA) is 61.4 Å². The molecule has 0 aliphatic carbocycles. The summed E-state index contributed by atoms with van der Waals surface area (Å²) in [4.78, 5) is 12.0. The first-order chi connectivity index (χ1) is 12.6. The summed E-state index contributed by atoms with van der Waals surface area (Å²) in [5.41, 5.74) is 0.943. The first-order valence-corrected chi connectivity index (χ1v) is 8.11. The highest BCUT2D eigenvalue weighted by atomic mass is 16.3. The molecule has 3 aromatic carbocycles. The van der Waals surface area contributed by atoms with Gasteiger partial charge in [-0.05, 0) is 24.3 Å². The Bertz CT molecular complexity index is 916. The van der Waals surface area contributed by atoms with Crippen LogP contribution in [0.4, 0.5) is 16.2 Å². The molecule has 0 aliphatic rings. The lowest BCUT2D eigenvalue weighted by Crippen LogP contribution is -2.25. The summed E-state index contributed by atoms with van der Waals surface area (Å²) < 4.78 is 0. The number of urea groups is 1. The summed E-state index contributed by atoms with van der Waals surface area (Å²) in [6.45, 7) is 0. The van der Waals surface area contributed by atoms with Gasteiger partial charge in [0.1, 0.15) is 0 Å². The van der Waals surface area contributed by atoms with Gasteiger partial charge in [0.25, 0.3) is 0 Å². The average molecular weight is 342 g/mol. The number of terminal acetylenes is 1. The maximum absolute atomic E-state index is 12.0. The second kappa shape index (κ2) is 7.56. The van der Waals surface area contributed by atoms with Gasteiger partial charge >= 0.3 is 6.03 Å². The Balaban J connectivity index is 1.74. The highest BCUT2D eigenvalue weighted by molar-refractivity contribution is 5.99. The van der Waals surface area contributed by atoms with E-state index >= 15 is 0 Å². The quantitative estimate of drug-likeness (QED) is 0.622. The second-order valence-electron chi connectivity index (χ2n) is 5.74. The van der Waals surface area contributed by atoms with Crippen LogP contribution in [0, 0.1) is 12.3 Å². The molecule has 0 saturated heterocycles. The number of nitrogens with one attached hydrogen (secondary N) is 2. The summed E-state index contributed by atoms with van der Waals surface area (Å²) in [5.74, 6) is 2.46. The third-order valence-electron chi connectivity index (χ3n) is 3.99. The molecule has 3 aromatic rings. The highest BCUT2D eigenvalue weighted by Crippen LogP contribution is 2.29. The lowest BCUT2D eigenvalue weighted by Gasteiger charge is -2.23. The molecular formula is C22H18N2O2. The predicted molar refractivity (Wildman–Crippen MR) is 104 cm³/mol. The molecule has 1 unspecified atom stereocenters. The first kappa shape index (κ1) is 17.3. The Morgan fingerprint density at radius 2 is 1.23 bits per heavy atom. The van der Waals surface area contributed by atoms with Gasteiger partial charge in [-0.3, -0.25) is 0 Å². The van der Waals surface area contributed by atoms with Crippen molar-refractivity contribution in [3.05, 3.63) is 96.1 Å². The molecular weight excluding hydrogens is 324 g/mol. The molecule has 0 aliphatic heterocycles. The zero-order valence-corrected chi connectivity index (χ0v) is 14.0. The maximum Gasteiger partial charge on any atom is 0.323 e. The number of carbonyl (C=O) groups is 1. The van der Waals surface area contributed by atoms with Crippen LogP contribution in [0.1, 0.15) is 11.1 Å². The molecule has 128 valence electrons. The van der Waals surface area contributed by atoms with Gasteiger partial charge in [-0.1, -0.05) is 66.6 Å².